The molecule has 0 spiro atoms. The van der Waals surface area contributed by atoms with E-state index in [4.69, 9.17) is 0 Å². The van der Waals surface area contributed by atoms with E-state index in [1.165, 1.54) is 0 Å². The molecule has 0 radical (unpaired) electrons. The number of halogens is 2. The number of nitrogens with zero attached hydrogens (tertiary/aromatic N) is 1. The molecule has 19 heavy (non-hydrogen) atoms. The Labute approximate surface area is 113 Å². The Kier molecular flexibility index (Phi) is 4.76. The zero-order valence-corrected chi connectivity index (χ0v) is 11.2. The van der Waals surface area contributed by atoms with Crippen LogP contribution in [0.25, 0.3) is 0 Å². The van der Waals surface area contributed by atoms with Crippen LogP contribution in [-0.2, 0) is 10.8 Å². The molecule has 0 aromatic heterocycles. The van der Waals surface area contributed by atoms with Gasteiger partial charge in [0.05, 0.1) is 0 Å². The third-order valence-corrected chi connectivity index (χ3v) is 4.39. The van der Waals surface area contributed by atoms with Crippen LogP contribution in [-0.4, -0.2) is 46.0 Å². The van der Waals surface area contributed by atoms with Gasteiger partial charge in [0.15, 0.2) is 5.78 Å². The van der Waals surface area contributed by atoms with E-state index in [9.17, 15) is 17.8 Å². The molecule has 104 valence electrons. The summed E-state index contributed by atoms with van der Waals surface area (Å²) < 4.78 is 37.2. The van der Waals surface area contributed by atoms with Gasteiger partial charge in [-0.15, -0.1) is 0 Å². The monoisotopic (exact) mass is 287 g/mol. The van der Waals surface area contributed by atoms with Crippen molar-refractivity contribution in [2.75, 3.05) is 31.1 Å². The van der Waals surface area contributed by atoms with Crippen molar-refractivity contribution in [3.63, 3.8) is 0 Å². The fourth-order valence-corrected chi connectivity index (χ4v) is 3.15. The van der Waals surface area contributed by atoms with Crippen LogP contribution in [0.4, 0.5) is 8.78 Å². The van der Waals surface area contributed by atoms with Crippen LogP contribution >= 0.6 is 0 Å². The van der Waals surface area contributed by atoms with Crippen molar-refractivity contribution in [3.8, 4) is 0 Å². The zero-order chi connectivity index (χ0) is 13.8. The number of ketones is 1. The van der Waals surface area contributed by atoms with Crippen molar-refractivity contribution in [2.45, 2.75) is 6.42 Å². The second-order valence-electron chi connectivity index (χ2n) is 4.52. The van der Waals surface area contributed by atoms with Gasteiger partial charge in [-0.05, 0) is 12.1 Å². The maximum atomic E-state index is 13.0. The largest absolute Gasteiger partial charge is 0.301 e. The highest BCUT2D eigenvalue weighted by molar-refractivity contribution is 7.85. The molecule has 0 aliphatic carbocycles. The van der Waals surface area contributed by atoms with E-state index < -0.39 is 22.4 Å². The van der Waals surface area contributed by atoms with Gasteiger partial charge in [-0.25, -0.2) is 8.78 Å². The summed E-state index contributed by atoms with van der Waals surface area (Å²) in [4.78, 5) is 13.9. The number of carbonyl (C=O) groups excluding carboxylic acids is 1. The first-order valence-corrected chi connectivity index (χ1v) is 7.60. The fourth-order valence-electron chi connectivity index (χ4n) is 2.02. The molecule has 1 saturated heterocycles. The SMILES string of the molecule is O=C(CCN1CCS(=O)CC1)c1cc(F)cc(F)c1. The molecule has 0 bridgehead atoms. The number of carbonyl (C=O) groups is 1. The zero-order valence-electron chi connectivity index (χ0n) is 10.4. The van der Waals surface area contributed by atoms with Gasteiger partial charge in [-0.3, -0.25) is 9.00 Å². The summed E-state index contributed by atoms with van der Waals surface area (Å²) in [6, 6.07) is 2.85. The highest BCUT2D eigenvalue weighted by Gasteiger charge is 2.16. The molecule has 0 saturated carbocycles. The Morgan fingerprint density at radius 1 is 1.16 bits per heavy atom. The van der Waals surface area contributed by atoms with Gasteiger partial charge in [-0.2, -0.15) is 0 Å². The predicted molar refractivity (Wildman–Crippen MR) is 69.6 cm³/mol. The highest BCUT2D eigenvalue weighted by atomic mass is 32.2. The van der Waals surface area contributed by atoms with Crippen molar-refractivity contribution in [3.05, 3.63) is 35.4 Å². The molecular formula is C13H15F2NO2S. The molecule has 0 unspecified atom stereocenters. The molecule has 0 atom stereocenters. The predicted octanol–water partition coefficient (Wildman–Crippen LogP) is 1.60. The van der Waals surface area contributed by atoms with Crippen LogP contribution in [0.3, 0.4) is 0 Å². The fraction of sp³-hybridized carbons (Fsp3) is 0.462. The van der Waals surface area contributed by atoms with E-state index >= 15 is 0 Å². The minimum atomic E-state index is -0.743. The first-order valence-electron chi connectivity index (χ1n) is 6.11. The second-order valence-corrected chi connectivity index (χ2v) is 6.22. The van der Waals surface area contributed by atoms with E-state index in [2.05, 4.69) is 4.90 Å². The van der Waals surface area contributed by atoms with E-state index in [0.29, 0.717) is 31.1 Å². The lowest BCUT2D eigenvalue weighted by molar-refractivity contribution is 0.0965. The van der Waals surface area contributed by atoms with Crippen molar-refractivity contribution in [1.82, 2.24) is 4.90 Å². The summed E-state index contributed by atoms with van der Waals surface area (Å²) in [6.45, 7) is 1.95. The molecular weight excluding hydrogens is 272 g/mol. The van der Waals surface area contributed by atoms with E-state index in [1.54, 1.807) is 0 Å². The van der Waals surface area contributed by atoms with Gasteiger partial charge in [0.2, 0.25) is 0 Å². The molecule has 1 aliphatic rings. The Balaban J connectivity index is 1.89. The van der Waals surface area contributed by atoms with Gasteiger partial charge in [0.25, 0.3) is 0 Å². The average molecular weight is 287 g/mol. The quantitative estimate of drug-likeness (QED) is 0.789. The number of hydrogen-bond acceptors (Lipinski definition) is 3. The molecule has 1 heterocycles. The second kappa shape index (κ2) is 6.34. The first kappa shape index (κ1) is 14.3. The number of rotatable bonds is 4. The van der Waals surface area contributed by atoms with Crippen molar-refractivity contribution in [2.24, 2.45) is 0 Å². The minimum Gasteiger partial charge on any atom is -0.301 e. The van der Waals surface area contributed by atoms with E-state index in [0.717, 1.165) is 18.2 Å². The summed E-state index contributed by atoms with van der Waals surface area (Å²) >= 11 is 0. The normalized spacial score (nSPS) is 17.6. The summed E-state index contributed by atoms with van der Waals surface area (Å²) in [5, 5.41) is 0. The highest BCUT2D eigenvalue weighted by Crippen LogP contribution is 2.11. The van der Waals surface area contributed by atoms with E-state index in [1.807, 2.05) is 0 Å². The molecule has 1 aliphatic heterocycles. The van der Waals surface area contributed by atoms with Crippen LogP contribution in [0.5, 0.6) is 0 Å². The van der Waals surface area contributed by atoms with Crippen LogP contribution in [0.15, 0.2) is 18.2 Å². The maximum absolute atomic E-state index is 13.0. The summed E-state index contributed by atoms with van der Waals surface area (Å²) in [5.41, 5.74) is 0.0677. The van der Waals surface area contributed by atoms with E-state index in [-0.39, 0.29) is 17.8 Å². The van der Waals surface area contributed by atoms with Crippen LogP contribution in [0.2, 0.25) is 0 Å². The molecule has 3 nitrogen and oxygen atoms in total. The maximum Gasteiger partial charge on any atom is 0.164 e. The Morgan fingerprint density at radius 3 is 2.32 bits per heavy atom. The molecule has 6 heteroatoms. The van der Waals surface area contributed by atoms with Gasteiger partial charge in [0.1, 0.15) is 11.6 Å². The third-order valence-electron chi connectivity index (χ3n) is 3.11. The van der Waals surface area contributed by atoms with Gasteiger partial charge >= 0.3 is 0 Å². The molecule has 1 fully saturated rings. The topological polar surface area (TPSA) is 37.4 Å². The first-order chi connectivity index (χ1) is 9.04. The van der Waals surface area contributed by atoms with Gasteiger partial charge < -0.3 is 4.90 Å². The van der Waals surface area contributed by atoms with Crippen LogP contribution in [0.1, 0.15) is 16.8 Å². The van der Waals surface area contributed by atoms with Gasteiger partial charge in [0, 0.05) is 60.0 Å². The smallest absolute Gasteiger partial charge is 0.164 e. The lowest BCUT2D eigenvalue weighted by Crippen LogP contribution is -2.38. The minimum absolute atomic E-state index is 0.0677. The Morgan fingerprint density at radius 2 is 1.74 bits per heavy atom. The van der Waals surface area contributed by atoms with Crippen LogP contribution < -0.4 is 0 Å². The number of hydrogen-bond donors (Lipinski definition) is 0. The van der Waals surface area contributed by atoms with Crippen molar-refractivity contribution in [1.29, 1.82) is 0 Å². The lowest BCUT2D eigenvalue weighted by Gasteiger charge is -2.25. The van der Waals surface area contributed by atoms with Crippen LogP contribution in [0, 0.1) is 11.6 Å². The summed E-state index contributed by atoms with van der Waals surface area (Å²) in [5.74, 6) is -0.496. The third kappa shape index (κ3) is 4.18. The Bertz CT molecular complexity index is 477. The standard InChI is InChI=1S/C13H15F2NO2S/c14-11-7-10(8-12(15)9-11)13(17)1-2-16-3-5-19(18)6-4-16/h7-9H,1-6H2. The molecule has 2 rings (SSSR count). The number of Topliss-reactive ketones (excluding diaryl/α,β-unsaturated/α-hetero) is 1. The summed E-state index contributed by atoms with van der Waals surface area (Å²) in [6.07, 6.45) is 0.218. The number of benzene rings is 1. The molecule has 1 aromatic rings. The van der Waals surface area contributed by atoms with Gasteiger partial charge in [-0.1, -0.05) is 0 Å². The van der Waals surface area contributed by atoms with Crippen molar-refractivity contribution < 1.29 is 17.8 Å². The Hall–Kier alpha value is -1.14. The summed E-state index contributed by atoms with van der Waals surface area (Å²) in [7, 11) is -0.743. The molecule has 0 amide bonds. The molecule has 0 N–H and O–H groups in total. The lowest BCUT2D eigenvalue weighted by atomic mass is 10.1. The van der Waals surface area contributed by atoms with Crippen molar-refractivity contribution >= 4 is 16.6 Å². The average Bonchev–Trinajstić information content (AvgIpc) is 2.36. The molecule has 1 aromatic carbocycles.